The summed E-state index contributed by atoms with van der Waals surface area (Å²) in [6.45, 7) is 10.7. The summed E-state index contributed by atoms with van der Waals surface area (Å²) in [7, 11) is 2.93. The zero-order valence-corrected chi connectivity index (χ0v) is 8.56. The van der Waals surface area contributed by atoms with Crippen molar-refractivity contribution in [3.8, 4) is 0 Å². The third kappa shape index (κ3) is 2.09. The largest absolute Gasteiger partial charge is 0.127 e. The Kier molecular flexibility index (Phi) is 4.20. The van der Waals surface area contributed by atoms with Crippen LogP contribution < -0.4 is 0 Å². The first-order chi connectivity index (χ1) is 4.60. The van der Waals surface area contributed by atoms with Gasteiger partial charge in [-0.05, 0) is 19.3 Å². The van der Waals surface area contributed by atoms with Gasteiger partial charge in [-0.15, -0.1) is 9.24 Å². The second-order valence-corrected chi connectivity index (χ2v) is 3.93. The summed E-state index contributed by atoms with van der Waals surface area (Å²) in [5.74, 6) is 0. The molecule has 0 amide bonds. The first-order valence-corrected chi connectivity index (χ1v) is 4.65. The van der Waals surface area contributed by atoms with Crippen molar-refractivity contribution >= 4 is 9.24 Å². The Morgan fingerprint density at radius 3 is 1.80 bits per heavy atom. The fraction of sp³-hybridized carbons (Fsp3) is 0.778. The Balaban J connectivity index is 4.17. The van der Waals surface area contributed by atoms with Crippen molar-refractivity contribution in [1.82, 2.24) is 0 Å². The fourth-order valence-corrected chi connectivity index (χ4v) is 1.31. The van der Waals surface area contributed by atoms with Crippen LogP contribution in [0.3, 0.4) is 0 Å². The Morgan fingerprint density at radius 2 is 1.70 bits per heavy atom. The summed E-state index contributed by atoms with van der Waals surface area (Å²) in [6, 6.07) is 0. The van der Waals surface area contributed by atoms with Crippen LogP contribution >= 0.6 is 9.24 Å². The average Bonchev–Trinajstić information content (AvgIpc) is 2.01. The highest BCUT2D eigenvalue weighted by atomic mass is 31.0. The van der Waals surface area contributed by atoms with Gasteiger partial charge in [-0.3, -0.25) is 0 Å². The van der Waals surface area contributed by atoms with Gasteiger partial charge < -0.3 is 0 Å². The van der Waals surface area contributed by atoms with Gasteiger partial charge in [0.1, 0.15) is 0 Å². The van der Waals surface area contributed by atoms with E-state index in [4.69, 9.17) is 0 Å². The zero-order chi connectivity index (χ0) is 8.20. The van der Waals surface area contributed by atoms with Crippen LogP contribution in [0.2, 0.25) is 0 Å². The van der Waals surface area contributed by atoms with Crippen molar-refractivity contribution in [2.75, 3.05) is 0 Å². The van der Waals surface area contributed by atoms with E-state index in [0.29, 0.717) is 5.16 Å². The maximum atomic E-state index is 4.07. The smallest absolute Gasteiger partial charge is 0.00486 e. The molecule has 0 radical (unpaired) electrons. The minimum Gasteiger partial charge on any atom is -0.127 e. The van der Waals surface area contributed by atoms with Crippen molar-refractivity contribution in [2.45, 2.75) is 45.2 Å². The van der Waals surface area contributed by atoms with E-state index in [1.54, 1.807) is 0 Å². The molecule has 0 aliphatic rings. The summed E-state index contributed by atoms with van der Waals surface area (Å²) < 4.78 is 0. The van der Waals surface area contributed by atoms with Gasteiger partial charge in [0.15, 0.2) is 0 Å². The van der Waals surface area contributed by atoms with Crippen LogP contribution in [0.4, 0.5) is 0 Å². The van der Waals surface area contributed by atoms with E-state index >= 15 is 0 Å². The topological polar surface area (TPSA) is 0 Å². The number of hydrogen-bond donors (Lipinski definition) is 0. The summed E-state index contributed by atoms with van der Waals surface area (Å²) in [5, 5.41) is 0.314. The molecule has 0 nitrogen and oxygen atoms in total. The second-order valence-electron chi connectivity index (χ2n) is 2.82. The third-order valence-corrected chi connectivity index (χ3v) is 3.62. The predicted octanol–water partition coefficient (Wildman–Crippen LogP) is 3.39. The van der Waals surface area contributed by atoms with Crippen LogP contribution in [-0.4, -0.2) is 5.16 Å². The minimum atomic E-state index is 0.314. The molecule has 60 valence electrons. The van der Waals surface area contributed by atoms with Gasteiger partial charge in [-0.25, -0.2) is 0 Å². The highest BCUT2D eigenvalue weighted by Gasteiger charge is 2.21. The van der Waals surface area contributed by atoms with Crippen molar-refractivity contribution in [3.63, 3.8) is 0 Å². The van der Waals surface area contributed by atoms with Crippen LogP contribution in [0.5, 0.6) is 0 Å². The molecule has 1 unspecified atom stereocenters. The first-order valence-electron chi connectivity index (χ1n) is 4.07. The number of allylic oxidation sites excluding steroid dienone is 1. The van der Waals surface area contributed by atoms with E-state index in [0.717, 1.165) is 6.42 Å². The summed E-state index contributed by atoms with van der Waals surface area (Å²) in [6.07, 6.45) is 3.47. The van der Waals surface area contributed by atoms with Crippen LogP contribution in [-0.2, 0) is 0 Å². The summed E-state index contributed by atoms with van der Waals surface area (Å²) in [4.78, 5) is 0. The molecule has 0 saturated heterocycles. The quantitative estimate of drug-likeness (QED) is 0.434. The maximum absolute atomic E-state index is 4.07. The van der Waals surface area contributed by atoms with Crippen molar-refractivity contribution in [2.24, 2.45) is 0 Å². The van der Waals surface area contributed by atoms with Crippen molar-refractivity contribution in [3.05, 3.63) is 12.2 Å². The molecule has 0 aliphatic heterocycles. The summed E-state index contributed by atoms with van der Waals surface area (Å²) >= 11 is 0. The molecular weight excluding hydrogens is 139 g/mol. The molecule has 0 bridgehead atoms. The van der Waals surface area contributed by atoms with E-state index in [1.165, 1.54) is 18.4 Å². The van der Waals surface area contributed by atoms with Crippen LogP contribution in [0, 0.1) is 0 Å². The maximum Gasteiger partial charge on any atom is 0.00486 e. The lowest BCUT2D eigenvalue weighted by Gasteiger charge is -2.28. The second kappa shape index (κ2) is 4.13. The molecule has 1 atom stereocenters. The molecule has 0 heterocycles. The molecule has 0 aromatic rings. The lowest BCUT2D eigenvalue weighted by Crippen LogP contribution is -2.20. The van der Waals surface area contributed by atoms with Crippen molar-refractivity contribution < 1.29 is 0 Å². The Hall–Kier alpha value is 0.170. The molecule has 0 aromatic carbocycles. The van der Waals surface area contributed by atoms with Crippen LogP contribution in [0.15, 0.2) is 12.2 Å². The van der Waals surface area contributed by atoms with Crippen LogP contribution in [0.1, 0.15) is 40.0 Å². The molecular formula is C9H19P. The van der Waals surface area contributed by atoms with E-state index < -0.39 is 0 Å². The third-order valence-electron chi connectivity index (χ3n) is 2.39. The minimum absolute atomic E-state index is 0.314. The molecule has 0 aliphatic carbocycles. The Labute approximate surface area is 67.3 Å². The highest BCUT2D eigenvalue weighted by Crippen LogP contribution is 2.35. The zero-order valence-electron chi connectivity index (χ0n) is 7.41. The van der Waals surface area contributed by atoms with E-state index in [2.05, 4.69) is 36.6 Å². The summed E-state index contributed by atoms with van der Waals surface area (Å²) in [5.41, 5.74) is 1.36. The normalized spacial score (nSPS) is 11.6. The molecule has 0 N–H and O–H groups in total. The van der Waals surface area contributed by atoms with Gasteiger partial charge >= 0.3 is 0 Å². The number of rotatable bonds is 4. The van der Waals surface area contributed by atoms with E-state index in [9.17, 15) is 0 Å². The molecule has 0 aromatic heterocycles. The van der Waals surface area contributed by atoms with Gasteiger partial charge in [-0.2, -0.15) is 0 Å². The lowest BCUT2D eigenvalue weighted by atomic mass is 9.92. The van der Waals surface area contributed by atoms with Crippen molar-refractivity contribution in [1.29, 1.82) is 0 Å². The van der Waals surface area contributed by atoms with Crippen LogP contribution in [0.25, 0.3) is 0 Å². The average molecular weight is 158 g/mol. The standard InChI is InChI=1S/C9H19P/c1-5-8(4)9(10,6-2)7-3/h4-7,10H2,1-3H3. The number of hydrogen-bond acceptors (Lipinski definition) is 0. The molecule has 10 heavy (non-hydrogen) atoms. The monoisotopic (exact) mass is 158 g/mol. The van der Waals surface area contributed by atoms with Gasteiger partial charge in [0.05, 0.1) is 0 Å². The molecule has 1 heteroatoms. The molecule has 0 saturated carbocycles. The highest BCUT2D eigenvalue weighted by molar-refractivity contribution is 7.19. The molecule has 0 spiro atoms. The van der Waals surface area contributed by atoms with Gasteiger partial charge in [0.2, 0.25) is 0 Å². The van der Waals surface area contributed by atoms with Gasteiger partial charge in [0.25, 0.3) is 0 Å². The van der Waals surface area contributed by atoms with Gasteiger partial charge in [-0.1, -0.05) is 32.9 Å². The Morgan fingerprint density at radius 1 is 1.30 bits per heavy atom. The molecule has 0 rings (SSSR count). The lowest BCUT2D eigenvalue weighted by molar-refractivity contribution is 0.610. The fourth-order valence-electron chi connectivity index (χ4n) is 1.10. The predicted molar refractivity (Wildman–Crippen MR) is 52.5 cm³/mol. The first kappa shape index (κ1) is 10.2. The van der Waals surface area contributed by atoms with E-state index in [-0.39, 0.29) is 0 Å². The Bertz CT molecular complexity index is 112. The van der Waals surface area contributed by atoms with Gasteiger partial charge in [0, 0.05) is 5.16 Å². The van der Waals surface area contributed by atoms with E-state index in [1.807, 2.05) is 0 Å². The SMILES string of the molecule is C=C(CC)C(P)(CC)CC. The molecule has 0 fully saturated rings.